The van der Waals surface area contributed by atoms with E-state index in [1.54, 1.807) is 28.9 Å². The van der Waals surface area contributed by atoms with Gasteiger partial charge in [0.25, 0.3) is 0 Å². The van der Waals surface area contributed by atoms with Gasteiger partial charge < -0.3 is 10.5 Å². The molecule has 1 aromatic carbocycles. The standard InChI is InChI=1S/C12H9FN4O/c13-10-5-8(14)1-2-11(10)18-9-3-4-17-12(6-9)15-7-16-17/h1-7H,14H2. The number of benzene rings is 1. The van der Waals surface area contributed by atoms with Crippen molar-refractivity contribution in [1.82, 2.24) is 14.6 Å². The Morgan fingerprint density at radius 1 is 1.22 bits per heavy atom. The average Bonchev–Trinajstić information content (AvgIpc) is 2.80. The Kier molecular flexibility index (Phi) is 2.33. The van der Waals surface area contributed by atoms with Crippen LogP contribution in [0.3, 0.4) is 0 Å². The molecule has 5 nitrogen and oxygen atoms in total. The van der Waals surface area contributed by atoms with Crippen molar-refractivity contribution in [3.05, 3.63) is 48.7 Å². The summed E-state index contributed by atoms with van der Waals surface area (Å²) >= 11 is 0. The maximum atomic E-state index is 13.6. The molecule has 2 heterocycles. The minimum Gasteiger partial charge on any atom is -0.454 e. The molecule has 6 heteroatoms. The number of ether oxygens (including phenoxy) is 1. The molecule has 0 aliphatic carbocycles. The zero-order valence-electron chi connectivity index (χ0n) is 9.25. The van der Waals surface area contributed by atoms with Crippen LogP contribution >= 0.6 is 0 Å². The summed E-state index contributed by atoms with van der Waals surface area (Å²) in [5, 5.41) is 3.96. The fourth-order valence-corrected chi connectivity index (χ4v) is 1.59. The minimum atomic E-state index is -0.503. The van der Waals surface area contributed by atoms with E-state index in [4.69, 9.17) is 10.5 Å². The SMILES string of the molecule is Nc1ccc(Oc2ccn3ncnc3c2)c(F)c1. The molecule has 3 aromatic rings. The largest absolute Gasteiger partial charge is 0.454 e. The van der Waals surface area contributed by atoms with E-state index in [1.807, 2.05) is 0 Å². The number of nitrogens with zero attached hydrogens (tertiary/aromatic N) is 3. The van der Waals surface area contributed by atoms with Crippen molar-refractivity contribution in [2.75, 3.05) is 5.73 Å². The van der Waals surface area contributed by atoms with Gasteiger partial charge in [-0.1, -0.05) is 0 Å². The molecule has 2 aromatic heterocycles. The van der Waals surface area contributed by atoms with Gasteiger partial charge in [0.15, 0.2) is 17.2 Å². The molecular weight excluding hydrogens is 235 g/mol. The summed E-state index contributed by atoms with van der Waals surface area (Å²) in [6.45, 7) is 0. The molecule has 0 amide bonds. The molecule has 0 aliphatic heterocycles. The van der Waals surface area contributed by atoms with Crippen molar-refractivity contribution in [3.8, 4) is 11.5 Å². The molecule has 0 saturated heterocycles. The number of pyridine rings is 1. The van der Waals surface area contributed by atoms with Crippen LogP contribution in [0.15, 0.2) is 42.9 Å². The highest BCUT2D eigenvalue weighted by atomic mass is 19.1. The molecule has 0 aliphatic rings. The zero-order chi connectivity index (χ0) is 12.5. The zero-order valence-corrected chi connectivity index (χ0v) is 9.25. The van der Waals surface area contributed by atoms with Gasteiger partial charge in [0.1, 0.15) is 12.1 Å². The van der Waals surface area contributed by atoms with Crippen LogP contribution in [0, 0.1) is 5.82 Å². The van der Waals surface area contributed by atoms with Crippen molar-refractivity contribution >= 4 is 11.3 Å². The first-order valence-corrected chi connectivity index (χ1v) is 5.25. The Labute approximate surface area is 102 Å². The lowest BCUT2D eigenvalue weighted by molar-refractivity contribution is 0.442. The molecule has 2 N–H and O–H groups in total. The van der Waals surface area contributed by atoms with Gasteiger partial charge in [-0.25, -0.2) is 13.9 Å². The summed E-state index contributed by atoms with van der Waals surface area (Å²) in [5.41, 5.74) is 6.45. The molecule has 0 radical (unpaired) electrons. The highest BCUT2D eigenvalue weighted by Gasteiger charge is 2.06. The van der Waals surface area contributed by atoms with E-state index in [1.165, 1.54) is 18.5 Å². The Bertz CT molecular complexity index is 710. The van der Waals surface area contributed by atoms with E-state index < -0.39 is 5.82 Å². The number of nitrogens with two attached hydrogens (primary N) is 1. The molecule has 0 atom stereocenters. The lowest BCUT2D eigenvalue weighted by Gasteiger charge is -2.07. The smallest absolute Gasteiger partial charge is 0.167 e. The van der Waals surface area contributed by atoms with Crippen molar-refractivity contribution in [1.29, 1.82) is 0 Å². The number of hydrogen-bond acceptors (Lipinski definition) is 4. The highest BCUT2D eigenvalue weighted by Crippen LogP contribution is 2.26. The second kappa shape index (κ2) is 3.99. The average molecular weight is 244 g/mol. The molecule has 0 unspecified atom stereocenters. The number of nitrogen functional groups attached to an aromatic ring is 1. The van der Waals surface area contributed by atoms with Gasteiger partial charge in [-0.3, -0.25) is 0 Å². The van der Waals surface area contributed by atoms with E-state index >= 15 is 0 Å². The first-order valence-electron chi connectivity index (χ1n) is 5.25. The van der Waals surface area contributed by atoms with Gasteiger partial charge in [-0.2, -0.15) is 5.10 Å². The lowest BCUT2D eigenvalue weighted by Crippen LogP contribution is -1.93. The van der Waals surface area contributed by atoms with E-state index in [0.29, 0.717) is 17.1 Å². The molecule has 3 rings (SSSR count). The van der Waals surface area contributed by atoms with Crippen LogP contribution < -0.4 is 10.5 Å². The van der Waals surface area contributed by atoms with Crippen molar-refractivity contribution < 1.29 is 9.13 Å². The van der Waals surface area contributed by atoms with Crippen molar-refractivity contribution in [2.24, 2.45) is 0 Å². The third kappa shape index (κ3) is 1.84. The summed E-state index contributed by atoms with van der Waals surface area (Å²) in [4.78, 5) is 4.02. The molecule has 18 heavy (non-hydrogen) atoms. The van der Waals surface area contributed by atoms with Gasteiger partial charge >= 0.3 is 0 Å². The van der Waals surface area contributed by atoms with E-state index in [0.717, 1.165) is 0 Å². The normalized spacial score (nSPS) is 10.7. The van der Waals surface area contributed by atoms with Crippen LogP contribution in [-0.2, 0) is 0 Å². The monoisotopic (exact) mass is 244 g/mol. The van der Waals surface area contributed by atoms with Crippen LogP contribution in [0.5, 0.6) is 11.5 Å². The van der Waals surface area contributed by atoms with Crippen LogP contribution in [-0.4, -0.2) is 14.6 Å². The van der Waals surface area contributed by atoms with Crippen molar-refractivity contribution in [3.63, 3.8) is 0 Å². The third-order valence-corrected chi connectivity index (χ3v) is 2.44. The summed E-state index contributed by atoms with van der Waals surface area (Å²) in [6.07, 6.45) is 3.12. The third-order valence-electron chi connectivity index (χ3n) is 2.44. The molecule has 0 spiro atoms. The van der Waals surface area contributed by atoms with Gasteiger partial charge in [0, 0.05) is 24.0 Å². The highest BCUT2D eigenvalue weighted by molar-refractivity contribution is 5.47. The Hall–Kier alpha value is -2.63. The maximum absolute atomic E-state index is 13.6. The summed E-state index contributed by atoms with van der Waals surface area (Å²) in [7, 11) is 0. The van der Waals surface area contributed by atoms with E-state index in [-0.39, 0.29) is 5.75 Å². The topological polar surface area (TPSA) is 65.4 Å². The van der Waals surface area contributed by atoms with Crippen LogP contribution in [0.4, 0.5) is 10.1 Å². The fraction of sp³-hybridized carbons (Fsp3) is 0. The molecule has 0 saturated carbocycles. The predicted molar refractivity (Wildman–Crippen MR) is 63.9 cm³/mol. The summed E-state index contributed by atoms with van der Waals surface area (Å²) in [5.74, 6) is 0.101. The second-order valence-electron chi connectivity index (χ2n) is 3.72. The Balaban J connectivity index is 1.95. The van der Waals surface area contributed by atoms with Gasteiger partial charge in [0.05, 0.1) is 0 Å². The van der Waals surface area contributed by atoms with Gasteiger partial charge in [-0.05, 0) is 18.2 Å². The first-order chi connectivity index (χ1) is 8.72. The second-order valence-corrected chi connectivity index (χ2v) is 3.72. The number of halogens is 1. The molecule has 0 fully saturated rings. The first kappa shape index (κ1) is 10.5. The quantitative estimate of drug-likeness (QED) is 0.702. The predicted octanol–water partition coefficient (Wildman–Crippen LogP) is 2.24. The van der Waals surface area contributed by atoms with Crippen molar-refractivity contribution in [2.45, 2.75) is 0 Å². The summed E-state index contributed by atoms with van der Waals surface area (Å²) in [6, 6.07) is 7.62. The summed E-state index contributed by atoms with van der Waals surface area (Å²) < 4.78 is 20.6. The Morgan fingerprint density at radius 2 is 2.11 bits per heavy atom. The number of aromatic nitrogens is 3. The maximum Gasteiger partial charge on any atom is 0.167 e. The number of hydrogen-bond donors (Lipinski definition) is 1. The fourth-order valence-electron chi connectivity index (χ4n) is 1.59. The number of anilines is 1. The van der Waals surface area contributed by atoms with Crippen LogP contribution in [0.25, 0.3) is 5.65 Å². The Morgan fingerprint density at radius 3 is 2.94 bits per heavy atom. The van der Waals surface area contributed by atoms with Gasteiger partial charge in [-0.15, -0.1) is 0 Å². The van der Waals surface area contributed by atoms with Crippen LogP contribution in [0.1, 0.15) is 0 Å². The molecule has 0 bridgehead atoms. The lowest BCUT2D eigenvalue weighted by atomic mass is 10.3. The van der Waals surface area contributed by atoms with Gasteiger partial charge in [0.2, 0.25) is 0 Å². The minimum absolute atomic E-state index is 0.119. The number of rotatable bonds is 2. The van der Waals surface area contributed by atoms with E-state index in [9.17, 15) is 4.39 Å². The molecular formula is C12H9FN4O. The van der Waals surface area contributed by atoms with E-state index in [2.05, 4.69) is 10.1 Å². The van der Waals surface area contributed by atoms with Crippen LogP contribution in [0.2, 0.25) is 0 Å². The molecule has 90 valence electrons. The number of fused-ring (bicyclic) bond motifs is 1.